The Morgan fingerprint density at radius 3 is 2.66 bits per heavy atom. The van der Waals surface area contributed by atoms with E-state index in [-0.39, 0.29) is 23.9 Å². The molecule has 2 fully saturated rings. The topological polar surface area (TPSA) is 73.4 Å². The average molecular weight is 435 g/mol. The zero-order chi connectivity index (χ0) is 22.4. The Balaban J connectivity index is 1.57. The van der Waals surface area contributed by atoms with Crippen LogP contribution in [0.15, 0.2) is 30.6 Å². The van der Waals surface area contributed by atoms with Crippen LogP contribution >= 0.6 is 0 Å². The molecule has 7 heteroatoms. The molecular weight excluding hydrogens is 400 g/mol. The van der Waals surface area contributed by atoms with Crippen molar-refractivity contribution in [3.05, 3.63) is 41.9 Å². The van der Waals surface area contributed by atoms with E-state index in [1.54, 1.807) is 13.1 Å². The summed E-state index contributed by atoms with van der Waals surface area (Å²) in [6.07, 6.45) is 6.01. The van der Waals surface area contributed by atoms with Crippen LogP contribution in [0.3, 0.4) is 0 Å². The highest BCUT2D eigenvalue weighted by atomic mass is 16.2. The molecule has 7 nitrogen and oxygen atoms in total. The molecule has 0 radical (unpaired) electrons. The lowest BCUT2D eigenvalue weighted by molar-refractivity contribution is -0.117. The minimum absolute atomic E-state index is 0.0727. The molecule has 1 amide bonds. The summed E-state index contributed by atoms with van der Waals surface area (Å²) in [5.41, 5.74) is 4.34. The second-order valence-corrected chi connectivity index (χ2v) is 9.79. The van der Waals surface area contributed by atoms with E-state index in [2.05, 4.69) is 62.4 Å². The quantitative estimate of drug-likeness (QED) is 0.767. The number of hydrogen-bond acceptors (Lipinski definition) is 6. The molecule has 2 N–H and O–H groups in total. The molecular formula is C25H34N6O. The number of carbonyl (C=O) groups is 1. The zero-order valence-electron chi connectivity index (χ0n) is 19.5. The maximum absolute atomic E-state index is 12.8. The number of nitrogens with one attached hydrogen (secondary N) is 2. The number of aromatic nitrogens is 2. The number of aryl methyl sites for hydroxylation is 1. The van der Waals surface area contributed by atoms with Crippen molar-refractivity contribution < 1.29 is 4.79 Å². The zero-order valence-corrected chi connectivity index (χ0v) is 19.5. The lowest BCUT2D eigenvalue weighted by Gasteiger charge is -2.46. The third-order valence-corrected chi connectivity index (χ3v) is 7.23. The molecule has 0 bridgehead atoms. The van der Waals surface area contributed by atoms with Crippen LogP contribution < -0.4 is 20.4 Å². The molecule has 3 heterocycles. The van der Waals surface area contributed by atoms with E-state index in [0.29, 0.717) is 12.0 Å². The lowest BCUT2D eigenvalue weighted by Crippen LogP contribution is -2.51. The van der Waals surface area contributed by atoms with Crippen LogP contribution in [0.2, 0.25) is 0 Å². The third kappa shape index (κ3) is 3.94. The summed E-state index contributed by atoms with van der Waals surface area (Å²) >= 11 is 0. The van der Waals surface area contributed by atoms with Gasteiger partial charge in [0.2, 0.25) is 5.91 Å². The van der Waals surface area contributed by atoms with Crippen LogP contribution in [-0.4, -0.2) is 47.6 Å². The minimum Gasteiger partial charge on any atom is -0.369 e. The van der Waals surface area contributed by atoms with E-state index in [4.69, 9.17) is 0 Å². The number of nitrogens with zero attached hydrogens (tertiary/aromatic N) is 4. The van der Waals surface area contributed by atoms with Gasteiger partial charge in [0.25, 0.3) is 0 Å². The summed E-state index contributed by atoms with van der Waals surface area (Å²) in [5.74, 6) is 1.75. The number of piperazine rings is 1. The van der Waals surface area contributed by atoms with Gasteiger partial charge in [0.15, 0.2) is 0 Å². The van der Waals surface area contributed by atoms with Crippen molar-refractivity contribution in [2.24, 2.45) is 11.8 Å². The first-order valence-corrected chi connectivity index (χ1v) is 11.9. The van der Waals surface area contributed by atoms with Crippen molar-refractivity contribution in [3.63, 3.8) is 0 Å². The molecule has 3 aliphatic rings. The molecule has 1 aromatic heterocycles. The Morgan fingerprint density at radius 1 is 1.19 bits per heavy atom. The van der Waals surface area contributed by atoms with Crippen molar-refractivity contribution in [3.8, 4) is 0 Å². The van der Waals surface area contributed by atoms with Gasteiger partial charge in [-0.15, -0.1) is 0 Å². The Morgan fingerprint density at radius 2 is 2.00 bits per heavy atom. The first kappa shape index (κ1) is 21.2. The predicted molar refractivity (Wildman–Crippen MR) is 128 cm³/mol. The fraction of sp³-hybridized carbons (Fsp3) is 0.560. The monoisotopic (exact) mass is 434 g/mol. The molecule has 5 rings (SSSR count). The van der Waals surface area contributed by atoms with Gasteiger partial charge >= 0.3 is 0 Å². The molecule has 170 valence electrons. The molecule has 1 saturated carbocycles. The van der Waals surface area contributed by atoms with Gasteiger partial charge in [0, 0.05) is 61.5 Å². The molecule has 32 heavy (non-hydrogen) atoms. The van der Waals surface area contributed by atoms with Crippen LogP contribution in [0.4, 0.5) is 17.2 Å². The Bertz CT molecular complexity index is 988. The largest absolute Gasteiger partial charge is 0.369 e. The predicted octanol–water partition coefficient (Wildman–Crippen LogP) is 3.52. The third-order valence-electron chi connectivity index (χ3n) is 7.23. The first-order chi connectivity index (χ1) is 15.4. The fourth-order valence-electron chi connectivity index (χ4n) is 5.54. The highest BCUT2D eigenvalue weighted by molar-refractivity contribution is 5.94. The highest BCUT2D eigenvalue weighted by Gasteiger charge is 2.47. The molecule has 4 atom stereocenters. The number of rotatable bonds is 4. The molecule has 2 aromatic rings. The maximum atomic E-state index is 12.8. The van der Waals surface area contributed by atoms with Crippen molar-refractivity contribution in [2.75, 3.05) is 34.8 Å². The SMILES string of the molecule is CC(=O)N1c2ccc(N3CCN[C@@H](C)C3)cc2C(Nc2cnc(C)cn2)[C@@H](C)C1C1CC1. The molecule has 1 aromatic carbocycles. The summed E-state index contributed by atoms with van der Waals surface area (Å²) in [4.78, 5) is 26.4. The first-order valence-electron chi connectivity index (χ1n) is 11.9. The summed E-state index contributed by atoms with van der Waals surface area (Å²) < 4.78 is 0. The second kappa shape index (κ2) is 8.35. The number of benzene rings is 1. The van der Waals surface area contributed by atoms with E-state index in [1.807, 2.05) is 13.1 Å². The molecule has 2 aliphatic heterocycles. The van der Waals surface area contributed by atoms with Crippen LogP contribution in [0, 0.1) is 18.8 Å². The molecule has 2 unspecified atom stereocenters. The van der Waals surface area contributed by atoms with Gasteiger partial charge in [0.1, 0.15) is 5.82 Å². The van der Waals surface area contributed by atoms with E-state index >= 15 is 0 Å². The highest BCUT2D eigenvalue weighted by Crippen LogP contribution is 2.50. The van der Waals surface area contributed by atoms with Crippen molar-refractivity contribution in [1.29, 1.82) is 0 Å². The van der Waals surface area contributed by atoms with Crippen molar-refractivity contribution in [1.82, 2.24) is 15.3 Å². The molecule has 1 aliphatic carbocycles. The van der Waals surface area contributed by atoms with Gasteiger partial charge in [-0.3, -0.25) is 9.78 Å². The Kier molecular flexibility index (Phi) is 5.53. The van der Waals surface area contributed by atoms with Crippen molar-refractivity contribution >= 4 is 23.1 Å². The number of amides is 1. The van der Waals surface area contributed by atoms with Crippen LogP contribution in [-0.2, 0) is 4.79 Å². The van der Waals surface area contributed by atoms with Gasteiger partial charge in [0.05, 0.1) is 24.1 Å². The summed E-state index contributed by atoms with van der Waals surface area (Å²) in [6.45, 7) is 11.1. The maximum Gasteiger partial charge on any atom is 0.224 e. The number of hydrogen-bond donors (Lipinski definition) is 2. The minimum atomic E-state index is 0.0727. The van der Waals surface area contributed by atoms with E-state index in [9.17, 15) is 4.79 Å². The lowest BCUT2D eigenvalue weighted by atomic mass is 9.79. The van der Waals surface area contributed by atoms with E-state index < -0.39 is 0 Å². The number of carbonyl (C=O) groups excluding carboxylic acids is 1. The van der Waals surface area contributed by atoms with Gasteiger partial charge in [-0.1, -0.05) is 6.92 Å². The van der Waals surface area contributed by atoms with Gasteiger partial charge in [-0.05, 0) is 50.8 Å². The van der Waals surface area contributed by atoms with E-state index in [1.165, 1.54) is 24.1 Å². The van der Waals surface area contributed by atoms with Gasteiger partial charge in [-0.25, -0.2) is 4.98 Å². The second-order valence-electron chi connectivity index (χ2n) is 9.79. The Hall–Kier alpha value is -2.67. The summed E-state index contributed by atoms with van der Waals surface area (Å²) in [5, 5.41) is 7.20. The molecule has 0 spiro atoms. The fourth-order valence-corrected chi connectivity index (χ4v) is 5.54. The van der Waals surface area contributed by atoms with Crippen LogP contribution in [0.25, 0.3) is 0 Å². The van der Waals surface area contributed by atoms with Crippen LogP contribution in [0.1, 0.15) is 50.9 Å². The van der Waals surface area contributed by atoms with Crippen molar-refractivity contribution in [2.45, 2.75) is 58.7 Å². The summed E-state index contributed by atoms with van der Waals surface area (Å²) in [6, 6.07) is 7.39. The smallest absolute Gasteiger partial charge is 0.224 e. The van der Waals surface area contributed by atoms with Gasteiger partial charge in [-0.2, -0.15) is 0 Å². The van der Waals surface area contributed by atoms with E-state index in [0.717, 1.165) is 36.8 Å². The standard InChI is InChI=1S/C25H34N6O/c1-15-12-28-23(13-27-15)29-24-17(3)25(19-5-6-19)31(18(4)32)22-8-7-20(11-21(22)24)30-10-9-26-16(2)14-30/h7-8,11-13,16-17,19,24-26H,5-6,9-10,14H2,1-4H3,(H,28,29)/t16-,17+,24?,25?/m0/s1. The Labute approximate surface area is 190 Å². The summed E-state index contributed by atoms with van der Waals surface area (Å²) in [7, 11) is 0. The number of anilines is 3. The van der Waals surface area contributed by atoms with Crippen LogP contribution in [0.5, 0.6) is 0 Å². The van der Waals surface area contributed by atoms with Gasteiger partial charge < -0.3 is 20.4 Å². The molecule has 1 saturated heterocycles. The number of fused-ring (bicyclic) bond motifs is 1. The normalized spacial score (nSPS) is 27.8. The average Bonchev–Trinajstić information content (AvgIpc) is 3.61.